The zero-order valence-electron chi connectivity index (χ0n) is 16.6. The van der Waals surface area contributed by atoms with E-state index in [0.29, 0.717) is 10.3 Å². The number of nitrogens with two attached hydrogens (primary N) is 1. The van der Waals surface area contributed by atoms with Crippen LogP contribution in [-0.2, 0) is 6.42 Å². The molecule has 2 aromatic carbocycles. The van der Waals surface area contributed by atoms with Gasteiger partial charge in [-0.15, -0.1) is 4.73 Å². The highest BCUT2D eigenvalue weighted by atomic mass is 16.5. The van der Waals surface area contributed by atoms with Gasteiger partial charge in [0.2, 0.25) is 0 Å². The van der Waals surface area contributed by atoms with Gasteiger partial charge in [0.25, 0.3) is 5.69 Å². The summed E-state index contributed by atoms with van der Waals surface area (Å²) in [6.45, 7) is 3.75. The molecule has 0 atom stereocenters. The Hall–Kier alpha value is -3.61. The van der Waals surface area contributed by atoms with E-state index >= 15 is 0 Å². The number of primary amides is 1. The number of methoxy groups -OCH3 is 1. The first kappa shape index (κ1) is 20.1. The summed E-state index contributed by atoms with van der Waals surface area (Å²) in [5, 5.41) is 13.0. The monoisotopic (exact) mass is 393 g/mol. The van der Waals surface area contributed by atoms with Crippen LogP contribution in [0.15, 0.2) is 59.4 Å². The summed E-state index contributed by atoms with van der Waals surface area (Å²) < 4.78 is 6.67. The van der Waals surface area contributed by atoms with Gasteiger partial charge in [-0.2, -0.15) is 0 Å². The molecule has 0 saturated heterocycles. The first-order valence-corrected chi connectivity index (χ1v) is 9.26. The molecule has 7 nitrogen and oxygen atoms in total. The minimum atomic E-state index is -0.975. The molecule has 0 unspecified atom stereocenters. The molecule has 150 valence electrons. The smallest absolute Gasteiger partial charge is 0.405 e. The van der Waals surface area contributed by atoms with Gasteiger partial charge in [-0.25, -0.2) is 9.36 Å². The molecule has 2 N–H and O–H groups in total. The van der Waals surface area contributed by atoms with Crippen molar-refractivity contribution < 1.29 is 14.3 Å². The van der Waals surface area contributed by atoms with Crippen LogP contribution < -0.4 is 20.8 Å². The summed E-state index contributed by atoms with van der Waals surface area (Å²) in [5.41, 5.74) is 6.87. The van der Waals surface area contributed by atoms with Gasteiger partial charge in [0, 0.05) is 12.0 Å². The maximum Gasteiger partial charge on any atom is 0.405 e. The Balaban J connectivity index is 2.43. The van der Waals surface area contributed by atoms with Gasteiger partial charge in [-0.3, -0.25) is 4.79 Å². The third-order valence-corrected chi connectivity index (χ3v) is 4.59. The number of hydrogen-bond donors (Lipinski definition) is 1. The summed E-state index contributed by atoms with van der Waals surface area (Å²) in [7, 11) is 1.33. The average Bonchev–Trinajstić information content (AvgIpc) is 2.71. The van der Waals surface area contributed by atoms with Crippen molar-refractivity contribution in [2.75, 3.05) is 7.11 Å². The molecule has 1 amide bonds. The molecule has 3 rings (SSSR count). The predicted octanol–water partition coefficient (Wildman–Crippen LogP) is 2.95. The third-order valence-electron chi connectivity index (χ3n) is 4.59. The van der Waals surface area contributed by atoms with Crippen molar-refractivity contribution in [1.82, 2.24) is 4.57 Å². The standard InChI is InChI=1S/C22H23N3O4/c1-14(2)13-18-20(26)24(22(23)27)19(21(29-3)25(18)28)17-12-8-7-11-16(17)15-9-5-4-6-10-15/h4-12,14H,13H2,1-3H3,(H2,23,27). The Kier molecular flexibility index (Phi) is 5.68. The Bertz CT molecular complexity index is 1110. The molecule has 29 heavy (non-hydrogen) atoms. The largest absolute Gasteiger partial charge is 0.616 e. The lowest BCUT2D eigenvalue weighted by Crippen LogP contribution is -2.48. The number of benzene rings is 2. The molecule has 0 aliphatic rings. The van der Waals surface area contributed by atoms with Gasteiger partial charge in [-0.05, 0) is 17.0 Å². The lowest BCUT2D eigenvalue weighted by atomic mass is 9.97. The maximum atomic E-state index is 13.1. The molecule has 1 heterocycles. The maximum absolute atomic E-state index is 13.1. The van der Waals surface area contributed by atoms with Crippen LogP contribution in [-0.4, -0.2) is 17.7 Å². The number of rotatable bonds is 5. The quantitative estimate of drug-likeness (QED) is 0.532. The zero-order chi connectivity index (χ0) is 21.1. The minimum Gasteiger partial charge on any atom is -0.616 e. The minimum absolute atomic E-state index is 0.0244. The average molecular weight is 393 g/mol. The Labute approximate surface area is 168 Å². The van der Waals surface area contributed by atoms with Gasteiger partial charge in [0.05, 0.1) is 7.11 Å². The number of amides is 1. The number of carbonyl (C=O) groups is 1. The summed E-state index contributed by atoms with van der Waals surface area (Å²) in [6, 6.07) is 15.6. The van der Waals surface area contributed by atoms with Gasteiger partial charge in [0.1, 0.15) is 0 Å². The van der Waals surface area contributed by atoms with Crippen LogP contribution in [0.4, 0.5) is 4.79 Å². The van der Waals surface area contributed by atoms with E-state index in [0.717, 1.165) is 15.7 Å². The third kappa shape index (κ3) is 3.71. The van der Waals surface area contributed by atoms with Crippen LogP contribution in [0.3, 0.4) is 0 Å². The Morgan fingerprint density at radius 2 is 1.69 bits per heavy atom. The summed E-state index contributed by atoms with van der Waals surface area (Å²) >= 11 is 0. The fourth-order valence-corrected chi connectivity index (χ4v) is 3.37. The van der Waals surface area contributed by atoms with Crippen molar-refractivity contribution in [3.8, 4) is 28.3 Å². The molecule has 0 radical (unpaired) electrons. The highest BCUT2D eigenvalue weighted by molar-refractivity contribution is 5.88. The molecule has 0 bridgehead atoms. The van der Waals surface area contributed by atoms with Crippen LogP contribution in [0.5, 0.6) is 5.88 Å². The molecule has 0 fully saturated rings. The number of aromatic nitrogens is 2. The first-order valence-electron chi connectivity index (χ1n) is 9.26. The second kappa shape index (κ2) is 8.18. The van der Waals surface area contributed by atoms with E-state index in [1.807, 2.05) is 56.3 Å². The summed E-state index contributed by atoms with van der Waals surface area (Å²) in [4.78, 5) is 25.4. The number of nitrogens with zero attached hydrogens (tertiary/aromatic N) is 2. The molecule has 0 aliphatic carbocycles. The molecular weight excluding hydrogens is 370 g/mol. The van der Waals surface area contributed by atoms with Gasteiger partial charge in [-0.1, -0.05) is 68.4 Å². The van der Waals surface area contributed by atoms with Crippen LogP contribution in [0, 0.1) is 11.1 Å². The fraction of sp³-hybridized carbons (Fsp3) is 0.227. The molecule has 1 aromatic heterocycles. The van der Waals surface area contributed by atoms with Crippen molar-refractivity contribution in [2.45, 2.75) is 20.3 Å². The van der Waals surface area contributed by atoms with Crippen LogP contribution in [0.25, 0.3) is 22.4 Å². The van der Waals surface area contributed by atoms with Crippen LogP contribution in [0.2, 0.25) is 0 Å². The lowest BCUT2D eigenvalue weighted by Gasteiger charge is -2.18. The Morgan fingerprint density at radius 3 is 2.24 bits per heavy atom. The van der Waals surface area contributed by atoms with Crippen molar-refractivity contribution in [3.63, 3.8) is 0 Å². The van der Waals surface area contributed by atoms with E-state index in [1.165, 1.54) is 7.11 Å². The molecule has 7 heteroatoms. The van der Waals surface area contributed by atoms with Crippen molar-refractivity contribution in [1.29, 1.82) is 0 Å². The molecule has 3 aromatic rings. The van der Waals surface area contributed by atoms with Crippen LogP contribution >= 0.6 is 0 Å². The SMILES string of the molecule is COc1c(-c2ccccc2-c2ccccc2)n(C(N)=O)c(=O)c(CC(C)C)[n+]1[O-]. The van der Waals surface area contributed by atoms with Crippen molar-refractivity contribution in [2.24, 2.45) is 11.7 Å². The summed E-state index contributed by atoms with van der Waals surface area (Å²) in [5.74, 6) is -0.126. The molecule has 0 saturated carbocycles. The summed E-state index contributed by atoms with van der Waals surface area (Å²) in [6.07, 6.45) is 0.187. The van der Waals surface area contributed by atoms with Crippen molar-refractivity contribution in [3.05, 3.63) is 75.9 Å². The van der Waals surface area contributed by atoms with Crippen molar-refractivity contribution >= 4 is 6.03 Å². The highest BCUT2D eigenvalue weighted by Crippen LogP contribution is 2.35. The normalized spacial score (nSPS) is 10.9. The van der Waals surface area contributed by atoms with E-state index in [2.05, 4.69) is 0 Å². The van der Waals surface area contributed by atoms with Crippen LogP contribution in [0.1, 0.15) is 19.5 Å². The fourth-order valence-electron chi connectivity index (χ4n) is 3.37. The van der Waals surface area contributed by atoms with E-state index in [9.17, 15) is 14.8 Å². The second-order valence-electron chi connectivity index (χ2n) is 7.09. The zero-order valence-corrected chi connectivity index (χ0v) is 16.6. The van der Waals surface area contributed by atoms with E-state index in [-0.39, 0.29) is 29.6 Å². The van der Waals surface area contributed by atoms with Gasteiger partial charge < -0.3 is 15.7 Å². The molecule has 0 spiro atoms. The van der Waals surface area contributed by atoms with Gasteiger partial charge >= 0.3 is 17.5 Å². The second-order valence-corrected chi connectivity index (χ2v) is 7.09. The van der Waals surface area contributed by atoms with E-state index in [1.54, 1.807) is 12.1 Å². The topological polar surface area (TPSA) is 101 Å². The number of carbonyl (C=O) groups excluding carboxylic acids is 1. The first-order chi connectivity index (χ1) is 13.9. The molecule has 0 aliphatic heterocycles. The molecular formula is C22H23N3O4. The Morgan fingerprint density at radius 1 is 1.10 bits per heavy atom. The van der Waals surface area contributed by atoms with Gasteiger partial charge in [0.15, 0.2) is 5.69 Å². The van der Waals surface area contributed by atoms with E-state index < -0.39 is 11.6 Å². The number of ether oxygens (including phenoxy) is 1. The number of hydrogen-bond acceptors (Lipinski definition) is 4. The highest BCUT2D eigenvalue weighted by Gasteiger charge is 2.31. The lowest BCUT2D eigenvalue weighted by molar-refractivity contribution is -0.621. The van der Waals surface area contributed by atoms with E-state index in [4.69, 9.17) is 10.5 Å². The predicted molar refractivity (Wildman–Crippen MR) is 111 cm³/mol.